The molecule has 4 rings (SSSR count). The Morgan fingerprint density at radius 3 is 1.39 bits per heavy atom. The van der Waals surface area contributed by atoms with Crippen molar-refractivity contribution in [3.63, 3.8) is 0 Å². The second-order valence-electron chi connectivity index (χ2n) is 8.14. The Morgan fingerprint density at radius 1 is 0.677 bits per heavy atom. The summed E-state index contributed by atoms with van der Waals surface area (Å²) in [6.07, 6.45) is 1.60. The van der Waals surface area contributed by atoms with E-state index >= 15 is 0 Å². The van der Waals surface area contributed by atoms with Crippen molar-refractivity contribution in [2.45, 2.75) is 38.8 Å². The molecule has 2 aromatic carbocycles. The monoisotopic (exact) mass is 434 g/mol. The summed E-state index contributed by atoms with van der Waals surface area (Å²) >= 11 is 0. The highest BCUT2D eigenvalue weighted by Crippen LogP contribution is 2.41. The van der Waals surface area contributed by atoms with Crippen LogP contribution in [0.5, 0.6) is 0 Å². The summed E-state index contributed by atoms with van der Waals surface area (Å²) in [5.74, 6) is -3.97. The van der Waals surface area contributed by atoms with Gasteiger partial charge in [0, 0.05) is 24.2 Å². The first kappa shape index (κ1) is 21.3. The van der Waals surface area contributed by atoms with E-state index in [1.165, 1.54) is 21.9 Å². The number of hydrogen-bond donors (Lipinski definition) is 0. The molecule has 0 unspecified atom stereocenters. The fourth-order valence-electron chi connectivity index (χ4n) is 4.65. The van der Waals surface area contributed by atoms with Crippen molar-refractivity contribution < 1.29 is 27.2 Å². The Labute approximate surface area is 177 Å². The highest BCUT2D eigenvalue weighted by atomic mass is 19.1. The first-order valence-electron chi connectivity index (χ1n) is 10.3. The number of likely N-dealkylation sites (tertiary alicyclic amines) is 2. The standard InChI is InChI=1S/C23H22F4N2O2/c24-17-5-1-6-18(25)15(17)13-28-11-3-9-23(21(28)30)10-4-12-29(22(23)31)14-16-19(26)7-2-8-20(16)27/h1-2,5-8H,3-4,9-14H2. The fourth-order valence-corrected chi connectivity index (χ4v) is 4.65. The van der Waals surface area contributed by atoms with Crippen LogP contribution < -0.4 is 0 Å². The highest BCUT2D eigenvalue weighted by molar-refractivity contribution is 6.05. The number of rotatable bonds is 4. The summed E-state index contributed by atoms with van der Waals surface area (Å²) in [4.78, 5) is 29.3. The first-order chi connectivity index (χ1) is 14.8. The summed E-state index contributed by atoms with van der Waals surface area (Å²) in [7, 11) is 0. The van der Waals surface area contributed by atoms with Gasteiger partial charge >= 0.3 is 0 Å². The number of carbonyl (C=O) groups excluding carboxylic acids is 2. The summed E-state index contributed by atoms with van der Waals surface area (Å²) in [5.41, 5.74) is -1.80. The normalized spacial score (nSPS) is 18.7. The van der Waals surface area contributed by atoms with Crippen molar-refractivity contribution >= 4 is 11.8 Å². The lowest BCUT2D eigenvalue weighted by Gasteiger charge is -2.46. The number of nitrogens with zero attached hydrogens (tertiary/aromatic N) is 2. The molecule has 0 aliphatic carbocycles. The molecule has 2 fully saturated rings. The molecule has 8 heteroatoms. The van der Waals surface area contributed by atoms with E-state index in [1.54, 1.807) is 0 Å². The van der Waals surface area contributed by atoms with Crippen LogP contribution in [0.4, 0.5) is 17.6 Å². The molecule has 4 nitrogen and oxygen atoms in total. The number of carbonyl (C=O) groups is 2. The van der Waals surface area contributed by atoms with Gasteiger partial charge in [0.05, 0.1) is 13.1 Å². The van der Waals surface area contributed by atoms with E-state index in [4.69, 9.17) is 0 Å². The lowest BCUT2D eigenvalue weighted by molar-refractivity contribution is -0.165. The van der Waals surface area contributed by atoms with Gasteiger partial charge in [-0.15, -0.1) is 0 Å². The van der Waals surface area contributed by atoms with Gasteiger partial charge in [-0.1, -0.05) is 12.1 Å². The van der Waals surface area contributed by atoms with E-state index in [-0.39, 0.29) is 37.3 Å². The van der Waals surface area contributed by atoms with E-state index < -0.39 is 40.5 Å². The zero-order valence-electron chi connectivity index (χ0n) is 16.8. The molecule has 2 aromatic rings. The predicted octanol–water partition coefficient (Wildman–Crippen LogP) is 4.17. The number of amides is 2. The van der Waals surface area contributed by atoms with Gasteiger partial charge in [0.1, 0.15) is 28.7 Å². The third-order valence-electron chi connectivity index (χ3n) is 6.28. The molecule has 2 saturated heterocycles. The maximum Gasteiger partial charge on any atom is 0.238 e. The van der Waals surface area contributed by atoms with Gasteiger partial charge in [0.15, 0.2) is 0 Å². The minimum absolute atomic E-state index is 0.221. The molecule has 2 aliphatic rings. The van der Waals surface area contributed by atoms with Crippen LogP contribution in [0, 0.1) is 28.7 Å². The van der Waals surface area contributed by atoms with Gasteiger partial charge in [-0.25, -0.2) is 17.6 Å². The lowest BCUT2D eigenvalue weighted by Crippen LogP contribution is -2.59. The van der Waals surface area contributed by atoms with Gasteiger partial charge in [0.25, 0.3) is 0 Å². The largest absolute Gasteiger partial charge is 0.337 e. The SMILES string of the molecule is O=C1N(Cc2c(F)cccc2F)CCCC12CCCN(Cc1c(F)cccc1F)C2=O. The fraction of sp³-hybridized carbons (Fsp3) is 0.391. The van der Waals surface area contributed by atoms with Crippen LogP contribution in [0.2, 0.25) is 0 Å². The maximum atomic E-state index is 14.1. The Hall–Kier alpha value is -2.90. The minimum atomic E-state index is -1.36. The van der Waals surface area contributed by atoms with Crippen LogP contribution in [0.25, 0.3) is 0 Å². The molecule has 31 heavy (non-hydrogen) atoms. The maximum absolute atomic E-state index is 14.1. The molecule has 0 saturated carbocycles. The lowest BCUT2D eigenvalue weighted by atomic mass is 9.72. The molecule has 1 spiro atoms. The van der Waals surface area contributed by atoms with Crippen molar-refractivity contribution in [2.24, 2.45) is 5.41 Å². The average Bonchev–Trinajstić information content (AvgIpc) is 2.73. The van der Waals surface area contributed by atoms with Crippen LogP contribution in [0.15, 0.2) is 36.4 Å². The van der Waals surface area contributed by atoms with Gasteiger partial charge in [-0.2, -0.15) is 0 Å². The molecule has 0 radical (unpaired) electrons. The summed E-state index contributed by atoms with van der Waals surface area (Å²) in [5, 5.41) is 0. The second kappa shape index (κ2) is 8.32. The molecule has 0 bridgehead atoms. The highest BCUT2D eigenvalue weighted by Gasteiger charge is 2.53. The van der Waals surface area contributed by atoms with Gasteiger partial charge in [-0.3, -0.25) is 9.59 Å². The van der Waals surface area contributed by atoms with Gasteiger partial charge in [0.2, 0.25) is 11.8 Å². The zero-order valence-corrected chi connectivity index (χ0v) is 16.8. The Bertz CT molecular complexity index is 905. The van der Waals surface area contributed by atoms with Crippen molar-refractivity contribution in [1.29, 1.82) is 0 Å². The van der Waals surface area contributed by atoms with Gasteiger partial charge in [-0.05, 0) is 49.9 Å². The number of piperidine rings is 2. The van der Waals surface area contributed by atoms with E-state index in [0.29, 0.717) is 25.7 Å². The molecule has 0 N–H and O–H groups in total. The Morgan fingerprint density at radius 2 is 1.03 bits per heavy atom. The zero-order chi connectivity index (χ0) is 22.2. The quantitative estimate of drug-likeness (QED) is 0.535. The smallest absolute Gasteiger partial charge is 0.238 e. The molecule has 164 valence electrons. The molecule has 2 amide bonds. The van der Waals surface area contributed by atoms with E-state index in [1.807, 2.05) is 0 Å². The Kier molecular flexibility index (Phi) is 5.73. The van der Waals surface area contributed by atoms with E-state index in [0.717, 1.165) is 24.3 Å². The summed E-state index contributed by atoms with van der Waals surface area (Å²) in [6.45, 7) is 0.0236. The topological polar surface area (TPSA) is 40.6 Å². The van der Waals surface area contributed by atoms with Crippen LogP contribution in [0.3, 0.4) is 0 Å². The van der Waals surface area contributed by atoms with Crippen LogP contribution >= 0.6 is 0 Å². The van der Waals surface area contributed by atoms with Gasteiger partial charge < -0.3 is 9.80 Å². The first-order valence-corrected chi connectivity index (χ1v) is 10.3. The minimum Gasteiger partial charge on any atom is -0.337 e. The molecule has 0 aromatic heterocycles. The van der Waals surface area contributed by atoms with Crippen molar-refractivity contribution in [3.8, 4) is 0 Å². The van der Waals surface area contributed by atoms with E-state index in [2.05, 4.69) is 0 Å². The molecular formula is C23H22F4N2O2. The number of benzene rings is 2. The third-order valence-corrected chi connectivity index (χ3v) is 6.28. The Balaban J connectivity index is 1.58. The molecule has 2 heterocycles. The van der Waals surface area contributed by atoms with Crippen molar-refractivity contribution in [1.82, 2.24) is 9.80 Å². The predicted molar refractivity (Wildman–Crippen MR) is 104 cm³/mol. The molecular weight excluding hydrogens is 412 g/mol. The number of halogens is 4. The van der Waals surface area contributed by atoms with Crippen LogP contribution in [0.1, 0.15) is 36.8 Å². The summed E-state index contributed by atoms with van der Waals surface area (Å²) in [6, 6.07) is 6.99. The second-order valence-corrected chi connectivity index (χ2v) is 8.14. The number of hydrogen-bond acceptors (Lipinski definition) is 2. The molecule has 0 atom stereocenters. The van der Waals surface area contributed by atoms with Crippen molar-refractivity contribution in [2.75, 3.05) is 13.1 Å². The molecule has 2 aliphatic heterocycles. The average molecular weight is 434 g/mol. The van der Waals surface area contributed by atoms with Crippen LogP contribution in [-0.2, 0) is 22.7 Å². The van der Waals surface area contributed by atoms with Crippen molar-refractivity contribution in [3.05, 3.63) is 70.8 Å². The third kappa shape index (κ3) is 3.79. The van der Waals surface area contributed by atoms with Crippen LogP contribution in [-0.4, -0.2) is 34.7 Å². The summed E-state index contributed by atoms with van der Waals surface area (Å²) < 4.78 is 56.4. The van der Waals surface area contributed by atoms with E-state index in [9.17, 15) is 27.2 Å².